The molecule has 0 bridgehead atoms. The highest BCUT2D eigenvalue weighted by atomic mass is 35.5. The summed E-state index contributed by atoms with van der Waals surface area (Å²) in [6, 6.07) is 13.8. The maximum atomic E-state index is 6.05. The Labute approximate surface area is 104 Å². The third-order valence-corrected chi connectivity index (χ3v) is 2.86. The molecule has 1 aromatic carbocycles. The van der Waals surface area contributed by atoms with Gasteiger partial charge in [0.15, 0.2) is 11.5 Å². The van der Waals surface area contributed by atoms with Crippen LogP contribution in [0.5, 0.6) is 0 Å². The van der Waals surface area contributed by atoms with E-state index in [2.05, 4.69) is 22.2 Å². The third-order valence-electron chi connectivity index (χ3n) is 2.56. The SMILES string of the molecule is Clc1cccn2nc(Cc3ccccc3)nc12. The summed E-state index contributed by atoms with van der Waals surface area (Å²) in [4.78, 5) is 4.43. The highest BCUT2D eigenvalue weighted by Gasteiger charge is 2.06. The van der Waals surface area contributed by atoms with E-state index in [9.17, 15) is 0 Å². The zero-order valence-electron chi connectivity index (χ0n) is 9.05. The van der Waals surface area contributed by atoms with Gasteiger partial charge in [-0.1, -0.05) is 41.9 Å². The van der Waals surface area contributed by atoms with Crippen molar-refractivity contribution in [1.82, 2.24) is 14.6 Å². The standard InChI is InChI=1S/C13H10ClN3/c14-11-7-4-8-17-13(11)15-12(16-17)9-10-5-2-1-3-6-10/h1-8H,9H2. The summed E-state index contributed by atoms with van der Waals surface area (Å²) in [5, 5.41) is 5.01. The zero-order chi connectivity index (χ0) is 11.7. The Morgan fingerprint density at radius 2 is 1.88 bits per heavy atom. The van der Waals surface area contributed by atoms with E-state index in [4.69, 9.17) is 11.6 Å². The van der Waals surface area contributed by atoms with E-state index in [0.717, 1.165) is 12.2 Å². The van der Waals surface area contributed by atoms with Crippen LogP contribution in [0.25, 0.3) is 5.65 Å². The normalized spacial score (nSPS) is 10.9. The molecule has 0 saturated carbocycles. The molecule has 0 unspecified atom stereocenters. The van der Waals surface area contributed by atoms with Crippen molar-refractivity contribution in [3.63, 3.8) is 0 Å². The molecule has 3 rings (SSSR count). The van der Waals surface area contributed by atoms with Crippen LogP contribution in [0, 0.1) is 0 Å². The summed E-state index contributed by atoms with van der Waals surface area (Å²) in [7, 11) is 0. The Morgan fingerprint density at radius 3 is 2.65 bits per heavy atom. The first-order valence-electron chi connectivity index (χ1n) is 5.36. The van der Waals surface area contributed by atoms with Gasteiger partial charge in [-0.3, -0.25) is 0 Å². The van der Waals surface area contributed by atoms with Gasteiger partial charge in [0.1, 0.15) is 0 Å². The summed E-state index contributed by atoms with van der Waals surface area (Å²) in [5.74, 6) is 0.782. The van der Waals surface area contributed by atoms with Crippen molar-refractivity contribution < 1.29 is 0 Å². The van der Waals surface area contributed by atoms with Gasteiger partial charge in [0.2, 0.25) is 0 Å². The number of pyridine rings is 1. The van der Waals surface area contributed by atoms with Crippen molar-refractivity contribution in [2.45, 2.75) is 6.42 Å². The van der Waals surface area contributed by atoms with Crippen molar-refractivity contribution in [3.05, 3.63) is 65.1 Å². The Bertz CT molecular complexity index is 646. The summed E-state index contributed by atoms with van der Waals surface area (Å²) in [6.45, 7) is 0. The van der Waals surface area contributed by atoms with Gasteiger partial charge in [0, 0.05) is 12.6 Å². The van der Waals surface area contributed by atoms with Crippen molar-refractivity contribution in [3.8, 4) is 0 Å². The van der Waals surface area contributed by atoms with Gasteiger partial charge in [-0.05, 0) is 17.7 Å². The van der Waals surface area contributed by atoms with Gasteiger partial charge in [0.05, 0.1) is 5.02 Å². The Balaban J connectivity index is 1.99. The fourth-order valence-corrected chi connectivity index (χ4v) is 1.97. The topological polar surface area (TPSA) is 30.2 Å². The molecular weight excluding hydrogens is 234 g/mol. The van der Waals surface area contributed by atoms with E-state index in [1.165, 1.54) is 5.56 Å². The smallest absolute Gasteiger partial charge is 0.174 e. The number of hydrogen-bond acceptors (Lipinski definition) is 2. The predicted octanol–water partition coefficient (Wildman–Crippen LogP) is 2.97. The van der Waals surface area contributed by atoms with Crippen LogP contribution in [0.3, 0.4) is 0 Å². The number of rotatable bonds is 2. The molecule has 17 heavy (non-hydrogen) atoms. The van der Waals surface area contributed by atoms with Crippen molar-refractivity contribution >= 4 is 17.2 Å². The maximum Gasteiger partial charge on any atom is 0.174 e. The summed E-state index contributed by atoms with van der Waals surface area (Å²) in [6.07, 6.45) is 2.57. The number of benzene rings is 1. The second-order valence-electron chi connectivity index (χ2n) is 3.81. The molecule has 0 N–H and O–H groups in total. The first kappa shape index (κ1) is 10.3. The second kappa shape index (κ2) is 4.18. The number of halogens is 1. The molecule has 2 aromatic heterocycles. The van der Waals surface area contributed by atoms with Gasteiger partial charge >= 0.3 is 0 Å². The van der Waals surface area contributed by atoms with Crippen LogP contribution in [-0.2, 0) is 6.42 Å². The molecule has 0 amide bonds. The molecule has 0 spiro atoms. The summed E-state index contributed by atoms with van der Waals surface area (Å²) >= 11 is 6.05. The number of aromatic nitrogens is 3. The van der Waals surface area contributed by atoms with Gasteiger partial charge in [-0.15, -0.1) is 0 Å². The minimum absolute atomic E-state index is 0.624. The van der Waals surface area contributed by atoms with Crippen LogP contribution in [-0.4, -0.2) is 14.6 Å². The van der Waals surface area contributed by atoms with Crippen LogP contribution < -0.4 is 0 Å². The molecule has 0 aliphatic heterocycles. The average Bonchev–Trinajstić information content (AvgIpc) is 2.74. The minimum Gasteiger partial charge on any atom is -0.219 e. The molecule has 84 valence electrons. The first-order chi connectivity index (χ1) is 8.33. The van der Waals surface area contributed by atoms with Crippen molar-refractivity contribution in [1.29, 1.82) is 0 Å². The van der Waals surface area contributed by atoms with E-state index in [1.54, 1.807) is 4.52 Å². The average molecular weight is 244 g/mol. The summed E-state index contributed by atoms with van der Waals surface area (Å²) in [5.41, 5.74) is 1.90. The van der Waals surface area contributed by atoms with Crippen molar-refractivity contribution in [2.75, 3.05) is 0 Å². The lowest BCUT2D eigenvalue weighted by molar-refractivity contribution is 0.900. The number of hydrogen-bond donors (Lipinski definition) is 0. The molecule has 2 heterocycles. The number of fused-ring (bicyclic) bond motifs is 1. The quantitative estimate of drug-likeness (QED) is 0.693. The summed E-state index contributed by atoms with van der Waals surface area (Å²) < 4.78 is 1.71. The van der Waals surface area contributed by atoms with Crippen LogP contribution in [0.2, 0.25) is 5.02 Å². The molecule has 3 aromatic rings. The van der Waals surface area contributed by atoms with Crippen molar-refractivity contribution in [2.24, 2.45) is 0 Å². The van der Waals surface area contributed by atoms with E-state index < -0.39 is 0 Å². The van der Waals surface area contributed by atoms with E-state index in [1.807, 2.05) is 36.5 Å². The fraction of sp³-hybridized carbons (Fsp3) is 0.0769. The lowest BCUT2D eigenvalue weighted by Crippen LogP contribution is -1.91. The molecule has 0 saturated heterocycles. The van der Waals surface area contributed by atoms with Crippen LogP contribution in [0.4, 0.5) is 0 Å². The van der Waals surface area contributed by atoms with E-state index >= 15 is 0 Å². The number of nitrogens with zero attached hydrogens (tertiary/aromatic N) is 3. The molecular formula is C13H10ClN3. The lowest BCUT2D eigenvalue weighted by atomic mass is 10.1. The van der Waals surface area contributed by atoms with Gasteiger partial charge in [0.25, 0.3) is 0 Å². The Hall–Kier alpha value is -1.87. The highest BCUT2D eigenvalue weighted by molar-refractivity contribution is 6.33. The van der Waals surface area contributed by atoms with Gasteiger partial charge < -0.3 is 0 Å². The van der Waals surface area contributed by atoms with Crippen LogP contribution in [0.1, 0.15) is 11.4 Å². The first-order valence-corrected chi connectivity index (χ1v) is 5.74. The van der Waals surface area contributed by atoms with Gasteiger partial charge in [-0.25, -0.2) is 9.50 Å². The zero-order valence-corrected chi connectivity index (χ0v) is 9.80. The predicted molar refractivity (Wildman–Crippen MR) is 67.2 cm³/mol. The minimum atomic E-state index is 0.624. The monoisotopic (exact) mass is 243 g/mol. The Kier molecular flexibility index (Phi) is 2.53. The lowest BCUT2D eigenvalue weighted by Gasteiger charge is -1.94. The van der Waals surface area contributed by atoms with E-state index in [-0.39, 0.29) is 0 Å². The molecule has 0 radical (unpaired) electrons. The van der Waals surface area contributed by atoms with Gasteiger partial charge in [-0.2, -0.15) is 5.10 Å². The molecule has 0 fully saturated rings. The fourth-order valence-electron chi connectivity index (χ4n) is 1.77. The van der Waals surface area contributed by atoms with Crippen LogP contribution >= 0.6 is 11.6 Å². The molecule has 0 aliphatic rings. The molecule has 0 atom stereocenters. The highest BCUT2D eigenvalue weighted by Crippen LogP contribution is 2.15. The third kappa shape index (κ3) is 2.01. The molecule has 0 aliphatic carbocycles. The Morgan fingerprint density at radius 1 is 1.06 bits per heavy atom. The maximum absolute atomic E-state index is 6.05. The van der Waals surface area contributed by atoms with E-state index in [0.29, 0.717) is 10.7 Å². The molecule has 4 heteroatoms. The van der Waals surface area contributed by atoms with Crippen LogP contribution in [0.15, 0.2) is 48.7 Å². The second-order valence-corrected chi connectivity index (χ2v) is 4.22. The molecule has 3 nitrogen and oxygen atoms in total. The largest absolute Gasteiger partial charge is 0.219 e.